The summed E-state index contributed by atoms with van der Waals surface area (Å²) in [6.07, 6.45) is 6.16. The van der Waals surface area contributed by atoms with Gasteiger partial charge >= 0.3 is 17.1 Å². The van der Waals surface area contributed by atoms with Crippen LogP contribution in [0.1, 0.15) is 46.0 Å². The van der Waals surface area contributed by atoms with E-state index in [9.17, 15) is 0 Å². The van der Waals surface area contributed by atoms with Gasteiger partial charge < -0.3 is 29.7 Å². The molecule has 0 unspecified atom stereocenters. The zero-order valence-corrected chi connectivity index (χ0v) is 11.6. The predicted octanol–water partition coefficient (Wildman–Crippen LogP) is 3.11. The minimum atomic E-state index is 0. The minimum Gasteiger partial charge on any atom is -0.411 e. The number of rotatable bonds is 7. The molecule has 0 spiro atoms. The summed E-state index contributed by atoms with van der Waals surface area (Å²) in [4.78, 5) is 2.16. The summed E-state index contributed by atoms with van der Waals surface area (Å²) in [5.41, 5.74) is 0. The van der Waals surface area contributed by atoms with Gasteiger partial charge in [0.2, 0.25) is 0 Å². The Bertz CT molecular complexity index is 142. The third kappa shape index (κ3) is 9.19. The fourth-order valence-electron chi connectivity index (χ4n) is 1.20. The first-order valence-corrected chi connectivity index (χ1v) is 6.00. The molecule has 0 heterocycles. The van der Waals surface area contributed by atoms with Crippen molar-refractivity contribution in [2.24, 2.45) is 0 Å². The number of thiocarbonyl (C=S) groups is 1. The molecule has 14 heavy (non-hydrogen) atoms. The maximum atomic E-state index is 5.02. The molecule has 0 amide bonds. The van der Waals surface area contributed by atoms with Gasteiger partial charge in [0, 0.05) is 13.1 Å². The summed E-state index contributed by atoms with van der Waals surface area (Å²) in [6.45, 7) is 6.50. The smallest absolute Gasteiger partial charge is 0.411 e. The molecule has 4 heteroatoms. The van der Waals surface area contributed by atoms with Crippen LogP contribution in [0.5, 0.6) is 0 Å². The van der Waals surface area contributed by atoms with Gasteiger partial charge in [-0.2, -0.15) is 0 Å². The molecule has 0 aliphatic rings. The van der Waals surface area contributed by atoms with Crippen LogP contribution >= 0.6 is 12.2 Å². The molecule has 0 rings (SSSR count). The van der Waals surface area contributed by atoms with E-state index in [0.717, 1.165) is 13.1 Å². The van der Waals surface area contributed by atoms with E-state index in [4.69, 9.17) is 24.8 Å². The number of hydrogen-bond acceptors (Lipinski definition) is 2. The Morgan fingerprint density at radius 3 is 2.00 bits per heavy atom. The average Bonchev–Trinajstić information content (AvgIpc) is 2.10. The van der Waals surface area contributed by atoms with Crippen molar-refractivity contribution in [2.75, 3.05) is 13.1 Å². The number of unbranched alkanes of at least 4 members (excludes halogenated alkanes) is 3. The molecular weight excluding hydrogens is 262 g/mol. The van der Waals surface area contributed by atoms with Crippen LogP contribution in [-0.2, 0) is 29.7 Å². The quantitative estimate of drug-likeness (QED) is 0.306. The van der Waals surface area contributed by atoms with Gasteiger partial charge in [-0.15, -0.1) is 0 Å². The fourth-order valence-corrected chi connectivity index (χ4v) is 1.56. The minimum absolute atomic E-state index is 0. The van der Waals surface area contributed by atoms with E-state index in [-0.39, 0.29) is 17.1 Å². The van der Waals surface area contributed by atoms with E-state index in [0.29, 0.717) is 4.32 Å². The zero-order chi connectivity index (χ0) is 10.1. The van der Waals surface area contributed by atoms with Gasteiger partial charge in [-0.25, -0.2) is 0 Å². The third-order valence-corrected chi connectivity index (χ3v) is 2.59. The van der Waals surface area contributed by atoms with Crippen LogP contribution in [0.4, 0.5) is 0 Å². The Morgan fingerprint density at radius 1 is 1.07 bits per heavy atom. The summed E-state index contributed by atoms with van der Waals surface area (Å²) < 4.78 is 0.643. The van der Waals surface area contributed by atoms with Crippen LogP contribution in [0.25, 0.3) is 0 Å². The van der Waals surface area contributed by atoms with Gasteiger partial charge in [0.25, 0.3) is 0 Å². The Kier molecular flexibility index (Phi) is 14.2. The first kappa shape index (κ1) is 17.0. The molecular formula is C10H20CuNS2. The average molecular weight is 282 g/mol. The monoisotopic (exact) mass is 281 g/mol. The van der Waals surface area contributed by atoms with Crippen LogP contribution in [0.3, 0.4) is 0 Å². The molecule has 0 aliphatic carbocycles. The molecule has 0 saturated carbocycles. The summed E-state index contributed by atoms with van der Waals surface area (Å²) in [6, 6.07) is 0. The molecule has 0 aliphatic heterocycles. The van der Waals surface area contributed by atoms with E-state index in [1.54, 1.807) is 0 Å². The van der Waals surface area contributed by atoms with E-state index >= 15 is 0 Å². The Labute approximate surface area is 110 Å². The van der Waals surface area contributed by atoms with Gasteiger partial charge in [0.1, 0.15) is 0 Å². The molecule has 0 aromatic carbocycles. The third-order valence-electron chi connectivity index (χ3n) is 2.07. The molecule has 0 aromatic rings. The molecule has 0 atom stereocenters. The molecule has 0 fully saturated rings. The number of nitrogens with zero attached hydrogens (tertiary/aromatic N) is 1. The van der Waals surface area contributed by atoms with Crippen LogP contribution in [-0.4, -0.2) is 22.3 Å². The Morgan fingerprint density at radius 2 is 1.57 bits per heavy atom. The molecule has 0 N–H and O–H groups in total. The molecule has 88 valence electrons. The normalized spacial score (nSPS) is 9.29. The first-order valence-electron chi connectivity index (χ1n) is 5.18. The predicted molar refractivity (Wildman–Crippen MR) is 66.0 cm³/mol. The molecule has 0 saturated heterocycles. The van der Waals surface area contributed by atoms with Gasteiger partial charge in [0.05, 0.1) is 0 Å². The SMILES string of the molecule is CCCCCN(CCCC)C(=S)[S-].[Cu+]. The van der Waals surface area contributed by atoms with Crippen molar-refractivity contribution in [3.63, 3.8) is 0 Å². The standard InChI is InChI=1S/C10H21NS2.Cu/c1-3-5-7-9-11(10(12)13)8-6-4-2;/h3-9H2,1-2H3,(H,12,13);/q;+1/p-1. The van der Waals surface area contributed by atoms with E-state index < -0.39 is 0 Å². The van der Waals surface area contributed by atoms with Crippen molar-refractivity contribution >= 4 is 29.2 Å². The Hall–Kier alpha value is 0.629. The van der Waals surface area contributed by atoms with Crippen LogP contribution in [0.15, 0.2) is 0 Å². The molecule has 0 bridgehead atoms. The van der Waals surface area contributed by atoms with Crippen LogP contribution < -0.4 is 0 Å². The van der Waals surface area contributed by atoms with Gasteiger partial charge in [-0.1, -0.05) is 37.4 Å². The van der Waals surface area contributed by atoms with Crippen molar-refractivity contribution < 1.29 is 17.1 Å². The summed E-state index contributed by atoms with van der Waals surface area (Å²) >= 11 is 10.0. The maximum absolute atomic E-state index is 5.02. The Balaban J connectivity index is 0. The maximum Gasteiger partial charge on any atom is 1.00 e. The van der Waals surface area contributed by atoms with Crippen molar-refractivity contribution in [3.8, 4) is 0 Å². The van der Waals surface area contributed by atoms with Gasteiger partial charge in [-0.05, 0) is 12.8 Å². The van der Waals surface area contributed by atoms with Crippen LogP contribution in [0.2, 0.25) is 0 Å². The van der Waals surface area contributed by atoms with Crippen molar-refractivity contribution in [1.82, 2.24) is 4.90 Å². The van der Waals surface area contributed by atoms with E-state index in [2.05, 4.69) is 18.7 Å². The zero-order valence-electron chi connectivity index (χ0n) is 9.01. The topological polar surface area (TPSA) is 3.24 Å². The second kappa shape index (κ2) is 11.7. The second-order valence-corrected chi connectivity index (χ2v) is 4.35. The van der Waals surface area contributed by atoms with Crippen molar-refractivity contribution in [2.45, 2.75) is 46.0 Å². The summed E-state index contributed by atoms with van der Waals surface area (Å²) in [5, 5.41) is 0. The van der Waals surface area contributed by atoms with E-state index in [1.165, 1.54) is 32.1 Å². The van der Waals surface area contributed by atoms with Gasteiger partial charge in [-0.3, -0.25) is 0 Å². The second-order valence-electron chi connectivity index (χ2n) is 3.31. The van der Waals surface area contributed by atoms with Crippen molar-refractivity contribution in [3.05, 3.63) is 0 Å². The van der Waals surface area contributed by atoms with Crippen LogP contribution in [0, 0.1) is 0 Å². The largest absolute Gasteiger partial charge is 1.00 e. The summed E-state index contributed by atoms with van der Waals surface area (Å²) in [5.74, 6) is 0. The summed E-state index contributed by atoms with van der Waals surface area (Å²) in [7, 11) is 0. The fraction of sp³-hybridized carbons (Fsp3) is 0.900. The van der Waals surface area contributed by atoms with E-state index in [1.807, 2.05) is 0 Å². The number of hydrogen-bond donors (Lipinski definition) is 0. The van der Waals surface area contributed by atoms with Gasteiger partial charge in [0.15, 0.2) is 0 Å². The first-order chi connectivity index (χ1) is 6.22. The molecule has 0 aromatic heterocycles. The molecule has 0 radical (unpaired) electrons. The van der Waals surface area contributed by atoms with Crippen molar-refractivity contribution in [1.29, 1.82) is 0 Å². The molecule has 1 nitrogen and oxygen atoms in total.